The Morgan fingerprint density at radius 1 is 1.43 bits per heavy atom. The molecule has 0 aliphatic carbocycles. The average Bonchev–Trinajstić information content (AvgIpc) is 3.14. The van der Waals surface area contributed by atoms with Crippen LogP contribution >= 0.6 is 35.3 Å². The summed E-state index contributed by atoms with van der Waals surface area (Å²) in [6.45, 7) is 6.86. The van der Waals surface area contributed by atoms with Crippen molar-refractivity contribution in [3.8, 4) is 0 Å². The molecular weight excluding hydrogens is 421 g/mol. The number of guanidine groups is 1. The summed E-state index contributed by atoms with van der Waals surface area (Å²) >= 11 is 1.82. The lowest BCUT2D eigenvalue weighted by Gasteiger charge is -2.15. The van der Waals surface area contributed by atoms with E-state index in [0.29, 0.717) is 5.92 Å². The van der Waals surface area contributed by atoms with Gasteiger partial charge in [0.1, 0.15) is 0 Å². The molecule has 0 aromatic carbocycles. The van der Waals surface area contributed by atoms with Crippen LogP contribution in [0.1, 0.15) is 17.4 Å². The summed E-state index contributed by atoms with van der Waals surface area (Å²) in [5, 5.41) is 13.1. The monoisotopic (exact) mass is 447 g/mol. The van der Waals surface area contributed by atoms with Crippen LogP contribution in [0.4, 0.5) is 0 Å². The fourth-order valence-electron chi connectivity index (χ4n) is 2.21. The number of aryl methyl sites for hydroxylation is 1. The Morgan fingerprint density at radius 3 is 2.87 bits per heavy atom. The van der Waals surface area contributed by atoms with Gasteiger partial charge < -0.3 is 10.6 Å². The van der Waals surface area contributed by atoms with Crippen molar-refractivity contribution < 1.29 is 0 Å². The number of thiophene rings is 1. The number of hydrogen-bond donors (Lipinski definition) is 2. The molecule has 2 N–H and O–H groups in total. The second-order valence-corrected chi connectivity index (χ2v) is 6.58. The van der Waals surface area contributed by atoms with Gasteiger partial charge in [0, 0.05) is 31.2 Å². The summed E-state index contributed by atoms with van der Waals surface area (Å²) < 4.78 is 1.94. The van der Waals surface area contributed by atoms with Crippen LogP contribution in [0.15, 0.2) is 34.9 Å². The van der Waals surface area contributed by atoms with E-state index >= 15 is 0 Å². The lowest BCUT2D eigenvalue weighted by atomic mass is 10.1. The van der Waals surface area contributed by atoms with Gasteiger partial charge in [-0.3, -0.25) is 9.67 Å². The minimum atomic E-state index is 0. The van der Waals surface area contributed by atoms with Gasteiger partial charge in [-0.15, -0.1) is 35.3 Å². The number of halogens is 1. The van der Waals surface area contributed by atoms with Gasteiger partial charge in [0.05, 0.1) is 12.7 Å². The van der Waals surface area contributed by atoms with Crippen molar-refractivity contribution in [3.05, 3.63) is 40.3 Å². The van der Waals surface area contributed by atoms with Crippen molar-refractivity contribution in [3.63, 3.8) is 0 Å². The van der Waals surface area contributed by atoms with Gasteiger partial charge in [0.15, 0.2) is 5.96 Å². The zero-order valence-electron chi connectivity index (χ0n) is 14.0. The van der Waals surface area contributed by atoms with Gasteiger partial charge in [0.2, 0.25) is 0 Å². The molecule has 0 aliphatic rings. The van der Waals surface area contributed by atoms with Gasteiger partial charge in [-0.1, -0.05) is 13.0 Å². The molecule has 0 saturated carbocycles. The van der Waals surface area contributed by atoms with Crippen LogP contribution < -0.4 is 10.6 Å². The quantitative estimate of drug-likeness (QED) is 0.390. The van der Waals surface area contributed by atoms with E-state index in [-0.39, 0.29) is 24.0 Å². The smallest absolute Gasteiger partial charge is 0.191 e. The minimum absolute atomic E-state index is 0. The standard InChI is InChI=1S/C16H25N5S.HI/c1-13(9-15-5-4-8-22-15)10-19-16(17-3)18-6-7-21-12-14(2)11-20-21;/h4-5,8,11-13H,6-7,9-10H2,1-3H3,(H2,17,18,19);1H. The third-order valence-corrected chi connectivity index (χ3v) is 4.27. The summed E-state index contributed by atoms with van der Waals surface area (Å²) in [4.78, 5) is 5.70. The Balaban J connectivity index is 0.00000264. The molecule has 0 aliphatic heterocycles. The van der Waals surface area contributed by atoms with Gasteiger partial charge >= 0.3 is 0 Å². The van der Waals surface area contributed by atoms with Crippen LogP contribution in [0.25, 0.3) is 0 Å². The molecule has 0 bridgehead atoms. The van der Waals surface area contributed by atoms with E-state index in [1.54, 1.807) is 7.05 Å². The molecule has 2 rings (SSSR count). The highest BCUT2D eigenvalue weighted by molar-refractivity contribution is 14.0. The summed E-state index contributed by atoms with van der Waals surface area (Å²) in [6, 6.07) is 4.30. The van der Waals surface area contributed by atoms with Gasteiger partial charge in [-0.25, -0.2) is 0 Å². The fourth-order valence-corrected chi connectivity index (χ4v) is 3.08. The Bertz CT molecular complexity index is 579. The third-order valence-electron chi connectivity index (χ3n) is 3.37. The first-order chi connectivity index (χ1) is 10.7. The van der Waals surface area contributed by atoms with Crippen molar-refractivity contribution in [1.82, 2.24) is 20.4 Å². The maximum atomic E-state index is 4.27. The average molecular weight is 447 g/mol. The number of aliphatic imine (C=N–C) groups is 1. The lowest BCUT2D eigenvalue weighted by Crippen LogP contribution is -2.41. The number of hydrogen-bond acceptors (Lipinski definition) is 3. The van der Waals surface area contributed by atoms with Gasteiger partial charge in [0.25, 0.3) is 0 Å². The van der Waals surface area contributed by atoms with Crippen LogP contribution in [0, 0.1) is 12.8 Å². The Morgan fingerprint density at radius 2 is 2.26 bits per heavy atom. The van der Waals surface area contributed by atoms with Crippen LogP contribution in [-0.2, 0) is 13.0 Å². The molecule has 1 atom stereocenters. The van der Waals surface area contributed by atoms with Crippen molar-refractivity contribution in [2.75, 3.05) is 20.1 Å². The molecule has 0 saturated heterocycles. The Kier molecular flexibility index (Phi) is 9.23. The zero-order chi connectivity index (χ0) is 15.8. The van der Waals surface area contributed by atoms with Crippen molar-refractivity contribution in [1.29, 1.82) is 0 Å². The second kappa shape index (κ2) is 10.6. The fraction of sp³-hybridized carbons (Fsp3) is 0.500. The van der Waals surface area contributed by atoms with E-state index < -0.39 is 0 Å². The first-order valence-electron chi connectivity index (χ1n) is 7.63. The molecule has 1 unspecified atom stereocenters. The molecule has 2 aromatic rings. The molecular formula is C16H26IN5S. The predicted octanol–water partition coefficient (Wildman–Crippen LogP) is 2.91. The van der Waals surface area contributed by atoms with E-state index in [0.717, 1.165) is 32.0 Å². The van der Waals surface area contributed by atoms with Crippen molar-refractivity contribution in [2.45, 2.75) is 26.8 Å². The summed E-state index contributed by atoms with van der Waals surface area (Å²) in [7, 11) is 1.80. The highest BCUT2D eigenvalue weighted by Gasteiger charge is 2.06. The summed E-state index contributed by atoms with van der Waals surface area (Å²) in [5.74, 6) is 1.42. The Labute approximate surface area is 159 Å². The maximum absolute atomic E-state index is 4.27. The van der Waals surface area contributed by atoms with E-state index in [9.17, 15) is 0 Å². The topological polar surface area (TPSA) is 54.2 Å². The molecule has 0 radical (unpaired) electrons. The molecule has 0 fully saturated rings. The number of aromatic nitrogens is 2. The highest BCUT2D eigenvalue weighted by atomic mass is 127. The lowest BCUT2D eigenvalue weighted by molar-refractivity contribution is 0.554. The molecule has 2 heterocycles. The molecule has 5 nitrogen and oxygen atoms in total. The van der Waals surface area contributed by atoms with Crippen LogP contribution in [-0.4, -0.2) is 35.9 Å². The van der Waals surface area contributed by atoms with Crippen molar-refractivity contribution >= 4 is 41.3 Å². The van der Waals surface area contributed by atoms with E-state index in [1.807, 2.05) is 35.3 Å². The SMILES string of the molecule is CN=C(NCCn1cc(C)cn1)NCC(C)Cc1cccs1.I. The molecule has 0 spiro atoms. The van der Waals surface area contributed by atoms with E-state index in [2.05, 4.69) is 45.2 Å². The predicted molar refractivity (Wildman–Crippen MR) is 109 cm³/mol. The molecule has 2 aromatic heterocycles. The molecule has 7 heteroatoms. The highest BCUT2D eigenvalue weighted by Crippen LogP contribution is 2.13. The second-order valence-electron chi connectivity index (χ2n) is 5.55. The zero-order valence-corrected chi connectivity index (χ0v) is 17.1. The molecule has 23 heavy (non-hydrogen) atoms. The van der Waals surface area contributed by atoms with Gasteiger partial charge in [-0.2, -0.15) is 5.10 Å². The van der Waals surface area contributed by atoms with E-state index in [1.165, 1.54) is 10.4 Å². The van der Waals surface area contributed by atoms with Crippen LogP contribution in [0.5, 0.6) is 0 Å². The maximum Gasteiger partial charge on any atom is 0.191 e. The van der Waals surface area contributed by atoms with Crippen LogP contribution in [0.3, 0.4) is 0 Å². The molecule has 0 amide bonds. The molecule has 128 valence electrons. The largest absolute Gasteiger partial charge is 0.356 e. The number of nitrogens with zero attached hydrogens (tertiary/aromatic N) is 3. The first-order valence-corrected chi connectivity index (χ1v) is 8.51. The number of nitrogens with one attached hydrogen (secondary N) is 2. The van der Waals surface area contributed by atoms with Gasteiger partial charge in [-0.05, 0) is 36.3 Å². The third kappa shape index (κ3) is 7.34. The normalized spacial score (nSPS) is 12.6. The minimum Gasteiger partial charge on any atom is -0.356 e. The summed E-state index contributed by atoms with van der Waals surface area (Å²) in [6.07, 6.45) is 5.02. The van der Waals surface area contributed by atoms with E-state index in [4.69, 9.17) is 0 Å². The first kappa shape index (κ1) is 20.0. The van der Waals surface area contributed by atoms with Crippen molar-refractivity contribution in [2.24, 2.45) is 10.9 Å². The Hall–Kier alpha value is -1.09. The number of rotatable bonds is 7. The summed E-state index contributed by atoms with van der Waals surface area (Å²) in [5.41, 5.74) is 1.19. The van der Waals surface area contributed by atoms with Crippen LogP contribution in [0.2, 0.25) is 0 Å².